The predicted molar refractivity (Wildman–Crippen MR) is 149 cm³/mol. The van der Waals surface area contributed by atoms with Crippen molar-refractivity contribution < 1.29 is 0 Å². The lowest BCUT2D eigenvalue weighted by atomic mass is 10.2. The summed E-state index contributed by atoms with van der Waals surface area (Å²) in [6, 6.07) is 8.54. The summed E-state index contributed by atoms with van der Waals surface area (Å²) in [5.41, 5.74) is 4.13. The van der Waals surface area contributed by atoms with Gasteiger partial charge in [-0.3, -0.25) is 9.97 Å². The van der Waals surface area contributed by atoms with Gasteiger partial charge in [0.1, 0.15) is 0 Å². The van der Waals surface area contributed by atoms with Gasteiger partial charge in [0.25, 0.3) is 0 Å². The molecular weight excluding hydrogens is 452 g/mol. The molecule has 0 aromatic carbocycles. The number of rotatable bonds is 3. The molecule has 6 N–H and O–H groups in total. The van der Waals surface area contributed by atoms with Crippen molar-refractivity contribution in [2.45, 2.75) is 0 Å². The summed E-state index contributed by atoms with van der Waals surface area (Å²) in [7, 11) is 0. The van der Waals surface area contributed by atoms with Crippen molar-refractivity contribution in [1.82, 2.24) is 41.9 Å². The van der Waals surface area contributed by atoms with Crippen LogP contribution in [0.2, 0.25) is 0 Å². The van der Waals surface area contributed by atoms with Crippen molar-refractivity contribution in [3.8, 4) is 11.4 Å². The minimum atomic E-state index is 0.909. The maximum absolute atomic E-state index is 4.77. The third-order valence-electron chi connectivity index (χ3n) is 6.64. The van der Waals surface area contributed by atoms with Crippen LogP contribution in [0.15, 0.2) is 36.7 Å². The summed E-state index contributed by atoms with van der Waals surface area (Å²) < 4.78 is 0. The average molecular weight is 497 g/mol. The molecule has 4 rings (SSSR count). The molecule has 4 heterocycles. The SMILES string of the molecule is c1cc(-c2ccc(N3CCNCCNCCNCC3)cn2)ncc1N1CCNCCNCCNCC1. The molecule has 10 heteroatoms. The van der Waals surface area contributed by atoms with Gasteiger partial charge in [-0.1, -0.05) is 0 Å². The Hall–Kier alpha value is -2.34. The van der Waals surface area contributed by atoms with E-state index in [2.05, 4.69) is 66.0 Å². The van der Waals surface area contributed by atoms with E-state index in [0.29, 0.717) is 0 Å². The van der Waals surface area contributed by atoms with Gasteiger partial charge in [0.15, 0.2) is 0 Å². The summed E-state index contributed by atoms with van der Waals surface area (Å²) in [5.74, 6) is 0. The number of pyridine rings is 2. The number of aromatic nitrogens is 2. The van der Waals surface area contributed by atoms with E-state index in [1.54, 1.807) is 0 Å². The molecule has 0 radical (unpaired) electrons. The lowest BCUT2D eigenvalue weighted by Gasteiger charge is -2.26. The Balaban J connectivity index is 1.36. The van der Waals surface area contributed by atoms with Gasteiger partial charge in [-0.25, -0.2) is 0 Å². The van der Waals surface area contributed by atoms with Gasteiger partial charge in [0.05, 0.1) is 35.2 Å². The summed E-state index contributed by atoms with van der Waals surface area (Å²) in [5, 5.41) is 21.0. The highest BCUT2D eigenvalue weighted by Gasteiger charge is 2.11. The summed E-state index contributed by atoms with van der Waals surface area (Å²) >= 11 is 0. The molecular formula is C26H44N10. The zero-order chi connectivity index (χ0) is 24.7. The topological polar surface area (TPSA) is 104 Å². The minimum absolute atomic E-state index is 0.909. The van der Waals surface area contributed by atoms with Crippen LogP contribution < -0.4 is 41.7 Å². The van der Waals surface area contributed by atoms with E-state index in [1.165, 1.54) is 0 Å². The maximum atomic E-state index is 4.77. The Morgan fingerprint density at radius 2 is 0.722 bits per heavy atom. The van der Waals surface area contributed by atoms with E-state index < -0.39 is 0 Å². The molecule has 2 aromatic rings. The summed E-state index contributed by atoms with van der Waals surface area (Å²) in [6.45, 7) is 15.7. The number of nitrogens with one attached hydrogen (secondary N) is 6. The highest BCUT2D eigenvalue weighted by atomic mass is 15.2. The van der Waals surface area contributed by atoms with Gasteiger partial charge in [-0.05, 0) is 24.3 Å². The fourth-order valence-corrected chi connectivity index (χ4v) is 4.50. The van der Waals surface area contributed by atoms with Gasteiger partial charge < -0.3 is 41.7 Å². The first-order valence-corrected chi connectivity index (χ1v) is 13.6. The van der Waals surface area contributed by atoms with E-state index in [9.17, 15) is 0 Å². The molecule has 198 valence electrons. The van der Waals surface area contributed by atoms with Gasteiger partial charge >= 0.3 is 0 Å². The molecule has 2 aliphatic rings. The lowest BCUT2D eigenvalue weighted by Crippen LogP contribution is -2.41. The van der Waals surface area contributed by atoms with E-state index in [-0.39, 0.29) is 0 Å². The smallest absolute Gasteiger partial charge is 0.0887 e. The van der Waals surface area contributed by atoms with Gasteiger partial charge in [-0.15, -0.1) is 0 Å². The fraction of sp³-hybridized carbons (Fsp3) is 0.615. The Labute approximate surface area is 216 Å². The number of hydrogen-bond donors (Lipinski definition) is 6. The fourth-order valence-electron chi connectivity index (χ4n) is 4.50. The highest BCUT2D eigenvalue weighted by Crippen LogP contribution is 2.21. The van der Waals surface area contributed by atoms with Crippen LogP contribution in [0.3, 0.4) is 0 Å². The largest absolute Gasteiger partial charge is 0.368 e. The van der Waals surface area contributed by atoms with Gasteiger partial charge in [0, 0.05) is 105 Å². The monoisotopic (exact) mass is 496 g/mol. The maximum Gasteiger partial charge on any atom is 0.0887 e. The van der Waals surface area contributed by atoms with Crippen LogP contribution in [0, 0.1) is 0 Å². The first-order valence-electron chi connectivity index (χ1n) is 13.6. The summed E-state index contributed by atoms with van der Waals surface area (Å²) in [4.78, 5) is 14.3. The molecule has 2 aromatic heterocycles. The van der Waals surface area contributed by atoms with Crippen molar-refractivity contribution in [3.05, 3.63) is 36.7 Å². The number of nitrogens with zero attached hydrogens (tertiary/aromatic N) is 4. The van der Waals surface area contributed by atoms with Crippen LogP contribution in [0.25, 0.3) is 11.4 Å². The van der Waals surface area contributed by atoms with E-state index in [0.717, 1.165) is 127 Å². The zero-order valence-electron chi connectivity index (χ0n) is 21.6. The second kappa shape index (κ2) is 15.7. The quantitative estimate of drug-likeness (QED) is 0.328. The summed E-state index contributed by atoms with van der Waals surface area (Å²) in [6.07, 6.45) is 3.97. The van der Waals surface area contributed by atoms with Crippen molar-refractivity contribution in [1.29, 1.82) is 0 Å². The molecule has 0 saturated carbocycles. The molecule has 0 bridgehead atoms. The van der Waals surface area contributed by atoms with Crippen LogP contribution in [-0.2, 0) is 0 Å². The Morgan fingerprint density at radius 3 is 1.00 bits per heavy atom. The van der Waals surface area contributed by atoms with Crippen molar-refractivity contribution in [2.24, 2.45) is 0 Å². The number of anilines is 2. The van der Waals surface area contributed by atoms with E-state index in [1.807, 2.05) is 12.4 Å². The second-order valence-electron chi connectivity index (χ2n) is 9.28. The van der Waals surface area contributed by atoms with E-state index >= 15 is 0 Å². The van der Waals surface area contributed by atoms with E-state index in [4.69, 9.17) is 9.97 Å². The third kappa shape index (κ3) is 8.95. The highest BCUT2D eigenvalue weighted by molar-refractivity contribution is 5.60. The minimum Gasteiger partial charge on any atom is -0.368 e. The van der Waals surface area contributed by atoms with Gasteiger partial charge in [0.2, 0.25) is 0 Å². The Morgan fingerprint density at radius 1 is 0.417 bits per heavy atom. The predicted octanol–water partition coefficient (Wildman–Crippen LogP) is -0.679. The van der Waals surface area contributed by atoms with Gasteiger partial charge in [-0.2, -0.15) is 0 Å². The number of hydrogen-bond acceptors (Lipinski definition) is 10. The molecule has 36 heavy (non-hydrogen) atoms. The van der Waals surface area contributed by atoms with Crippen LogP contribution in [0.1, 0.15) is 0 Å². The van der Waals surface area contributed by atoms with Crippen LogP contribution in [0.4, 0.5) is 11.4 Å². The first kappa shape index (κ1) is 26.7. The average Bonchev–Trinajstić information content (AvgIpc) is 2.90. The molecule has 2 aliphatic heterocycles. The molecule has 0 aliphatic carbocycles. The molecule has 2 saturated heterocycles. The molecule has 0 amide bonds. The third-order valence-corrected chi connectivity index (χ3v) is 6.64. The Kier molecular flexibility index (Phi) is 11.7. The lowest BCUT2D eigenvalue weighted by molar-refractivity contribution is 0.557. The standard InChI is InChI=1S/C26H44N10/c1-3-25(33-21-23(1)35-17-13-29-9-5-27-6-10-30-14-18-35)26-4-2-24(22-34-26)36-19-15-31-11-7-28-8-12-32-16-20-36/h1-4,21-22,27-32H,5-20H2. The van der Waals surface area contributed by atoms with Crippen LogP contribution >= 0.6 is 0 Å². The normalized spacial score (nSPS) is 20.4. The molecule has 0 atom stereocenters. The van der Waals surface area contributed by atoms with Crippen LogP contribution in [-0.4, -0.2) is 115 Å². The molecule has 2 fully saturated rings. The molecule has 0 unspecified atom stereocenters. The molecule has 0 spiro atoms. The molecule has 10 nitrogen and oxygen atoms in total. The Bertz CT molecular complexity index is 749. The van der Waals surface area contributed by atoms with Crippen LogP contribution in [0.5, 0.6) is 0 Å². The van der Waals surface area contributed by atoms with Crippen molar-refractivity contribution in [3.63, 3.8) is 0 Å². The zero-order valence-corrected chi connectivity index (χ0v) is 21.6. The first-order chi connectivity index (χ1) is 17.9. The second-order valence-corrected chi connectivity index (χ2v) is 9.28. The van der Waals surface area contributed by atoms with Crippen molar-refractivity contribution in [2.75, 3.05) is 115 Å². The van der Waals surface area contributed by atoms with Crippen molar-refractivity contribution >= 4 is 11.4 Å².